The quantitative estimate of drug-likeness (QED) is 0.483. The lowest BCUT2D eigenvalue weighted by Crippen LogP contribution is -2.09. The van der Waals surface area contributed by atoms with E-state index in [-0.39, 0.29) is 10.6 Å². The SMILES string of the molecule is Cc1ccc(Cl)c(/C(O)=C/C(=O)C(=O)O)c1. The van der Waals surface area contributed by atoms with Crippen LogP contribution in [0.5, 0.6) is 0 Å². The molecule has 0 amide bonds. The van der Waals surface area contributed by atoms with Crippen molar-refractivity contribution < 1.29 is 19.8 Å². The van der Waals surface area contributed by atoms with E-state index in [4.69, 9.17) is 16.7 Å². The topological polar surface area (TPSA) is 74.6 Å². The van der Waals surface area contributed by atoms with Crippen LogP contribution in [-0.4, -0.2) is 22.0 Å². The van der Waals surface area contributed by atoms with Crippen LogP contribution >= 0.6 is 11.6 Å². The average Bonchev–Trinajstić information content (AvgIpc) is 2.21. The van der Waals surface area contributed by atoms with Gasteiger partial charge < -0.3 is 10.2 Å². The lowest BCUT2D eigenvalue weighted by atomic mass is 10.1. The molecule has 5 heteroatoms. The van der Waals surface area contributed by atoms with Crippen LogP contribution in [0.4, 0.5) is 0 Å². The van der Waals surface area contributed by atoms with Crippen molar-refractivity contribution in [2.24, 2.45) is 0 Å². The van der Waals surface area contributed by atoms with Crippen molar-refractivity contribution >= 4 is 29.1 Å². The van der Waals surface area contributed by atoms with E-state index >= 15 is 0 Å². The summed E-state index contributed by atoms with van der Waals surface area (Å²) in [6.07, 6.45) is 0.628. The molecule has 0 fully saturated rings. The van der Waals surface area contributed by atoms with Gasteiger partial charge in [0.15, 0.2) is 0 Å². The summed E-state index contributed by atoms with van der Waals surface area (Å²) in [5.41, 5.74) is 1.07. The maximum Gasteiger partial charge on any atom is 0.376 e. The van der Waals surface area contributed by atoms with Gasteiger partial charge in [-0.1, -0.05) is 23.2 Å². The minimum absolute atomic E-state index is 0.233. The Hall–Kier alpha value is -1.81. The number of ketones is 1. The van der Waals surface area contributed by atoms with Crippen LogP contribution in [0.15, 0.2) is 24.3 Å². The van der Waals surface area contributed by atoms with Gasteiger partial charge in [-0.2, -0.15) is 0 Å². The van der Waals surface area contributed by atoms with E-state index in [1.807, 2.05) is 0 Å². The Balaban J connectivity index is 3.14. The molecule has 0 atom stereocenters. The molecule has 1 aromatic carbocycles. The number of aliphatic hydroxyl groups is 1. The first kappa shape index (κ1) is 12.3. The molecule has 0 bridgehead atoms. The second kappa shape index (κ2) is 4.81. The van der Waals surface area contributed by atoms with Gasteiger partial charge >= 0.3 is 5.97 Å². The smallest absolute Gasteiger partial charge is 0.376 e. The Morgan fingerprint density at radius 1 is 1.31 bits per heavy atom. The molecule has 0 unspecified atom stereocenters. The number of rotatable bonds is 3. The summed E-state index contributed by atoms with van der Waals surface area (Å²) >= 11 is 5.79. The van der Waals surface area contributed by atoms with Crippen molar-refractivity contribution in [2.75, 3.05) is 0 Å². The number of hydrogen-bond donors (Lipinski definition) is 2. The number of hydrogen-bond acceptors (Lipinski definition) is 3. The van der Waals surface area contributed by atoms with Gasteiger partial charge in [0.2, 0.25) is 0 Å². The minimum Gasteiger partial charge on any atom is -0.507 e. The maximum atomic E-state index is 10.8. The fourth-order valence-electron chi connectivity index (χ4n) is 1.10. The van der Waals surface area contributed by atoms with Crippen molar-refractivity contribution in [3.8, 4) is 0 Å². The highest BCUT2D eigenvalue weighted by Gasteiger charge is 2.12. The van der Waals surface area contributed by atoms with Crippen molar-refractivity contribution in [1.29, 1.82) is 0 Å². The molecular weight excluding hydrogens is 232 g/mol. The third-order valence-corrected chi connectivity index (χ3v) is 2.21. The molecule has 1 rings (SSSR count). The highest BCUT2D eigenvalue weighted by molar-refractivity contribution is 6.39. The van der Waals surface area contributed by atoms with E-state index < -0.39 is 17.5 Å². The molecule has 0 radical (unpaired) electrons. The zero-order valence-electron chi connectivity index (χ0n) is 8.40. The Morgan fingerprint density at radius 3 is 2.50 bits per heavy atom. The first-order valence-electron chi connectivity index (χ1n) is 4.36. The van der Waals surface area contributed by atoms with E-state index in [0.29, 0.717) is 6.08 Å². The van der Waals surface area contributed by atoms with Gasteiger partial charge in [-0.05, 0) is 19.1 Å². The fraction of sp³-hybridized carbons (Fsp3) is 0.0909. The molecule has 0 aliphatic carbocycles. The predicted octanol–water partition coefficient (Wildman–Crippen LogP) is 2.20. The summed E-state index contributed by atoms with van der Waals surface area (Å²) < 4.78 is 0. The van der Waals surface area contributed by atoms with Gasteiger partial charge in [0.05, 0.1) is 5.02 Å². The highest BCUT2D eigenvalue weighted by atomic mass is 35.5. The Kier molecular flexibility index (Phi) is 3.68. The number of halogens is 1. The third-order valence-electron chi connectivity index (χ3n) is 1.88. The lowest BCUT2D eigenvalue weighted by Gasteiger charge is -2.03. The van der Waals surface area contributed by atoms with Crippen LogP contribution < -0.4 is 0 Å². The number of aliphatic hydroxyl groups excluding tert-OH is 1. The standard InChI is InChI=1S/C11H9ClO4/c1-6-2-3-8(12)7(4-6)9(13)5-10(14)11(15)16/h2-5,13H,1H3,(H,15,16)/b9-5-. The fourth-order valence-corrected chi connectivity index (χ4v) is 1.31. The summed E-state index contributed by atoms with van der Waals surface area (Å²) in [5, 5.41) is 18.1. The summed E-state index contributed by atoms with van der Waals surface area (Å²) in [6.45, 7) is 1.78. The van der Waals surface area contributed by atoms with E-state index in [1.54, 1.807) is 25.1 Å². The van der Waals surface area contributed by atoms with E-state index in [0.717, 1.165) is 5.56 Å². The Labute approximate surface area is 96.8 Å². The largest absolute Gasteiger partial charge is 0.507 e. The average molecular weight is 241 g/mol. The molecule has 0 spiro atoms. The zero-order chi connectivity index (χ0) is 12.3. The van der Waals surface area contributed by atoms with Gasteiger partial charge in [0.25, 0.3) is 5.78 Å². The van der Waals surface area contributed by atoms with Crippen molar-refractivity contribution in [3.05, 3.63) is 40.4 Å². The second-order valence-corrected chi connectivity index (χ2v) is 3.59. The van der Waals surface area contributed by atoms with Gasteiger partial charge in [-0.15, -0.1) is 0 Å². The van der Waals surface area contributed by atoms with Crippen LogP contribution in [0.1, 0.15) is 11.1 Å². The van der Waals surface area contributed by atoms with Gasteiger partial charge in [0.1, 0.15) is 5.76 Å². The summed E-state index contributed by atoms with van der Waals surface area (Å²) in [7, 11) is 0. The molecule has 16 heavy (non-hydrogen) atoms. The van der Waals surface area contributed by atoms with Crippen LogP contribution in [0.2, 0.25) is 5.02 Å². The molecular formula is C11H9ClO4. The van der Waals surface area contributed by atoms with Crippen molar-refractivity contribution in [1.82, 2.24) is 0 Å². The molecule has 0 aliphatic heterocycles. The number of benzene rings is 1. The molecule has 0 saturated carbocycles. The van der Waals surface area contributed by atoms with Crippen molar-refractivity contribution in [3.63, 3.8) is 0 Å². The predicted molar refractivity (Wildman–Crippen MR) is 59.4 cm³/mol. The van der Waals surface area contributed by atoms with E-state index in [2.05, 4.69) is 0 Å². The molecule has 0 aromatic heterocycles. The summed E-state index contributed by atoms with van der Waals surface area (Å²) in [4.78, 5) is 21.1. The Morgan fingerprint density at radius 2 is 1.94 bits per heavy atom. The second-order valence-electron chi connectivity index (χ2n) is 3.18. The summed E-state index contributed by atoms with van der Waals surface area (Å²) in [5.74, 6) is -3.29. The minimum atomic E-state index is -1.63. The van der Waals surface area contributed by atoms with Gasteiger partial charge in [-0.25, -0.2) is 4.79 Å². The molecule has 0 aliphatic rings. The molecule has 1 aromatic rings. The highest BCUT2D eigenvalue weighted by Crippen LogP contribution is 2.23. The van der Waals surface area contributed by atoms with Crippen LogP contribution in [0.25, 0.3) is 5.76 Å². The summed E-state index contributed by atoms with van der Waals surface area (Å²) in [6, 6.07) is 4.85. The van der Waals surface area contributed by atoms with Crippen LogP contribution in [0, 0.1) is 6.92 Å². The van der Waals surface area contributed by atoms with Crippen LogP contribution in [-0.2, 0) is 9.59 Å². The molecule has 84 valence electrons. The molecule has 2 N–H and O–H groups in total. The first-order valence-corrected chi connectivity index (χ1v) is 4.74. The third kappa shape index (κ3) is 2.84. The molecule has 4 nitrogen and oxygen atoms in total. The van der Waals surface area contributed by atoms with Crippen molar-refractivity contribution in [2.45, 2.75) is 6.92 Å². The molecule has 0 heterocycles. The Bertz CT molecular complexity index is 477. The number of aryl methyl sites for hydroxylation is 1. The number of aliphatic carboxylic acids is 1. The number of carbonyl (C=O) groups is 2. The van der Waals surface area contributed by atoms with Gasteiger partial charge in [-0.3, -0.25) is 4.79 Å². The van der Waals surface area contributed by atoms with E-state index in [9.17, 15) is 14.7 Å². The monoisotopic (exact) mass is 240 g/mol. The molecule has 0 saturated heterocycles. The van der Waals surface area contributed by atoms with Crippen LogP contribution in [0.3, 0.4) is 0 Å². The van der Waals surface area contributed by atoms with Gasteiger partial charge in [0, 0.05) is 11.6 Å². The zero-order valence-corrected chi connectivity index (χ0v) is 9.15. The normalized spacial score (nSPS) is 11.2. The lowest BCUT2D eigenvalue weighted by molar-refractivity contribution is -0.146. The first-order chi connectivity index (χ1) is 7.41. The number of carbonyl (C=O) groups excluding carboxylic acids is 1. The maximum absolute atomic E-state index is 10.8. The number of carboxylic acid groups (broad SMARTS) is 1. The van der Waals surface area contributed by atoms with E-state index in [1.165, 1.54) is 0 Å². The number of carboxylic acids is 1.